The van der Waals surface area contributed by atoms with E-state index in [4.69, 9.17) is 5.11 Å². The van der Waals surface area contributed by atoms with Crippen molar-refractivity contribution in [2.45, 2.75) is 19.3 Å². The average molecular weight is 348 g/mol. The number of carbonyl (C=O) groups is 3. The zero-order valence-corrected chi connectivity index (χ0v) is 14.0. The molecule has 0 aliphatic carbocycles. The highest BCUT2D eigenvalue weighted by Crippen LogP contribution is 2.38. The van der Waals surface area contributed by atoms with E-state index in [2.05, 4.69) is 4.98 Å². The first kappa shape index (κ1) is 16.1. The smallest absolute Gasteiger partial charge is 0.335 e. The lowest BCUT2D eigenvalue weighted by Crippen LogP contribution is -2.30. The quantitative estimate of drug-likeness (QED) is 0.711. The molecule has 0 unspecified atom stereocenters. The van der Waals surface area contributed by atoms with E-state index >= 15 is 0 Å². The highest BCUT2D eigenvalue weighted by molar-refractivity contribution is 6.23. The van der Waals surface area contributed by atoms with Crippen molar-refractivity contribution in [1.29, 1.82) is 0 Å². The minimum Gasteiger partial charge on any atom is -0.478 e. The Morgan fingerprint density at radius 1 is 1.15 bits per heavy atom. The number of H-pyrrole nitrogens is 1. The summed E-state index contributed by atoms with van der Waals surface area (Å²) in [6.07, 6.45) is 0.0683. The van der Waals surface area contributed by atoms with Crippen molar-refractivity contribution in [3.05, 3.63) is 65.4 Å². The summed E-state index contributed by atoms with van der Waals surface area (Å²) >= 11 is 0. The van der Waals surface area contributed by atoms with Crippen LogP contribution in [-0.2, 0) is 9.59 Å². The van der Waals surface area contributed by atoms with Crippen molar-refractivity contribution in [3.8, 4) is 0 Å². The molecule has 0 saturated carbocycles. The molecule has 0 radical (unpaired) electrons. The van der Waals surface area contributed by atoms with E-state index < -0.39 is 11.9 Å². The molecule has 2 aromatic carbocycles. The predicted octanol–water partition coefficient (Wildman–Crippen LogP) is 3.22. The number of hydrogen-bond acceptors (Lipinski definition) is 3. The van der Waals surface area contributed by atoms with E-state index in [-0.39, 0.29) is 23.8 Å². The molecule has 1 saturated heterocycles. The van der Waals surface area contributed by atoms with Crippen LogP contribution in [0, 0.1) is 6.92 Å². The van der Waals surface area contributed by atoms with E-state index in [9.17, 15) is 14.4 Å². The number of amides is 2. The van der Waals surface area contributed by atoms with Gasteiger partial charge in [0.05, 0.1) is 17.2 Å². The molecule has 2 amide bonds. The second-order valence-corrected chi connectivity index (χ2v) is 6.39. The molecule has 1 atom stereocenters. The molecule has 2 N–H and O–H groups in total. The number of para-hydroxylation sites is 1. The number of anilines is 1. The standard InChI is InChI=1S/C20H16N2O4/c1-11-18(14-7-2-3-8-16(14)21-11)15-10-17(23)22(19(15)24)13-6-4-5-12(9-13)20(25)26/h2-9,15,21H,10H2,1H3,(H,25,26)/t15-/m1/s1. The van der Waals surface area contributed by atoms with Crippen LogP contribution in [0.3, 0.4) is 0 Å². The van der Waals surface area contributed by atoms with Crippen LogP contribution in [0.5, 0.6) is 0 Å². The minimum atomic E-state index is -1.10. The third-order valence-corrected chi connectivity index (χ3v) is 4.79. The van der Waals surface area contributed by atoms with Crippen molar-refractivity contribution in [3.63, 3.8) is 0 Å². The maximum atomic E-state index is 13.0. The number of carbonyl (C=O) groups excluding carboxylic acids is 2. The molecule has 4 rings (SSSR count). The summed E-state index contributed by atoms with van der Waals surface area (Å²) in [5, 5.41) is 10.1. The van der Waals surface area contributed by atoms with Gasteiger partial charge in [0.1, 0.15) is 0 Å². The lowest BCUT2D eigenvalue weighted by molar-refractivity contribution is -0.121. The van der Waals surface area contributed by atoms with Gasteiger partial charge in [-0.05, 0) is 36.8 Å². The normalized spacial score (nSPS) is 17.3. The predicted molar refractivity (Wildman–Crippen MR) is 96.3 cm³/mol. The van der Waals surface area contributed by atoms with Crippen LogP contribution in [0.2, 0.25) is 0 Å². The van der Waals surface area contributed by atoms with Crippen LogP contribution in [0.25, 0.3) is 10.9 Å². The fourth-order valence-corrected chi connectivity index (χ4v) is 3.65. The first-order valence-electron chi connectivity index (χ1n) is 8.24. The van der Waals surface area contributed by atoms with Crippen LogP contribution in [0.4, 0.5) is 5.69 Å². The van der Waals surface area contributed by atoms with Gasteiger partial charge in [-0.3, -0.25) is 9.59 Å². The van der Waals surface area contributed by atoms with Crippen molar-refractivity contribution in [1.82, 2.24) is 4.98 Å². The largest absolute Gasteiger partial charge is 0.478 e. The molecule has 1 fully saturated rings. The number of nitrogens with zero attached hydrogens (tertiary/aromatic N) is 1. The van der Waals surface area contributed by atoms with E-state index in [1.807, 2.05) is 31.2 Å². The average Bonchev–Trinajstić information content (AvgIpc) is 3.10. The van der Waals surface area contributed by atoms with Gasteiger partial charge in [0.25, 0.3) is 0 Å². The lowest BCUT2D eigenvalue weighted by Gasteiger charge is -2.16. The molecular formula is C20H16N2O4. The second-order valence-electron chi connectivity index (χ2n) is 6.39. The number of rotatable bonds is 3. The molecule has 3 aromatic rings. The Morgan fingerprint density at radius 2 is 1.92 bits per heavy atom. The van der Waals surface area contributed by atoms with Crippen molar-refractivity contribution >= 4 is 34.4 Å². The molecule has 1 aromatic heterocycles. The molecule has 26 heavy (non-hydrogen) atoms. The number of aromatic amines is 1. The number of nitrogens with one attached hydrogen (secondary N) is 1. The van der Waals surface area contributed by atoms with Gasteiger partial charge in [-0.2, -0.15) is 0 Å². The van der Waals surface area contributed by atoms with Crippen molar-refractivity contribution < 1.29 is 19.5 Å². The monoisotopic (exact) mass is 348 g/mol. The van der Waals surface area contributed by atoms with E-state index in [1.54, 1.807) is 6.07 Å². The summed E-state index contributed by atoms with van der Waals surface area (Å²) in [7, 11) is 0. The summed E-state index contributed by atoms with van der Waals surface area (Å²) in [5.74, 6) is -2.33. The number of carboxylic acids is 1. The zero-order valence-electron chi connectivity index (χ0n) is 14.0. The maximum absolute atomic E-state index is 13.0. The Balaban J connectivity index is 1.77. The SMILES string of the molecule is Cc1[nH]c2ccccc2c1[C@H]1CC(=O)N(c2cccc(C(=O)O)c2)C1=O. The fourth-order valence-electron chi connectivity index (χ4n) is 3.65. The molecule has 130 valence electrons. The lowest BCUT2D eigenvalue weighted by atomic mass is 9.94. The fraction of sp³-hybridized carbons (Fsp3) is 0.150. The Bertz CT molecular complexity index is 1070. The van der Waals surface area contributed by atoms with E-state index in [1.165, 1.54) is 18.2 Å². The van der Waals surface area contributed by atoms with Gasteiger partial charge in [0.15, 0.2) is 0 Å². The molecule has 6 heteroatoms. The van der Waals surface area contributed by atoms with E-state index in [0.717, 1.165) is 27.1 Å². The highest BCUT2D eigenvalue weighted by Gasteiger charge is 2.42. The van der Waals surface area contributed by atoms with Gasteiger partial charge in [-0.25, -0.2) is 9.69 Å². The van der Waals surface area contributed by atoms with Gasteiger partial charge in [0.2, 0.25) is 11.8 Å². The number of aromatic carboxylic acids is 1. The Morgan fingerprint density at radius 3 is 2.69 bits per heavy atom. The van der Waals surface area contributed by atoms with Crippen LogP contribution >= 0.6 is 0 Å². The number of aromatic nitrogens is 1. The van der Waals surface area contributed by atoms with Gasteiger partial charge in [-0.1, -0.05) is 24.3 Å². The summed E-state index contributed by atoms with van der Waals surface area (Å²) in [5.41, 5.74) is 2.94. The van der Waals surface area contributed by atoms with Gasteiger partial charge < -0.3 is 10.1 Å². The van der Waals surface area contributed by atoms with Crippen molar-refractivity contribution in [2.75, 3.05) is 4.90 Å². The Hall–Kier alpha value is -3.41. The molecule has 0 spiro atoms. The van der Waals surface area contributed by atoms with Crippen molar-refractivity contribution in [2.24, 2.45) is 0 Å². The number of hydrogen-bond donors (Lipinski definition) is 2. The van der Waals surface area contributed by atoms with Crippen LogP contribution < -0.4 is 4.90 Å². The Labute approximate surface area is 149 Å². The number of aryl methyl sites for hydroxylation is 1. The van der Waals surface area contributed by atoms with Gasteiger partial charge in [0, 0.05) is 23.0 Å². The van der Waals surface area contributed by atoms with Gasteiger partial charge >= 0.3 is 5.97 Å². The van der Waals surface area contributed by atoms with Crippen LogP contribution in [0.15, 0.2) is 48.5 Å². The molecular weight excluding hydrogens is 332 g/mol. The number of fused-ring (bicyclic) bond motifs is 1. The first-order chi connectivity index (χ1) is 12.5. The molecule has 6 nitrogen and oxygen atoms in total. The summed E-state index contributed by atoms with van der Waals surface area (Å²) in [4.78, 5) is 41.1. The van der Waals surface area contributed by atoms with E-state index in [0.29, 0.717) is 5.69 Å². The molecule has 2 heterocycles. The topological polar surface area (TPSA) is 90.5 Å². The maximum Gasteiger partial charge on any atom is 0.335 e. The highest BCUT2D eigenvalue weighted by atomic mass is 16.4. The number of benzene rings is 2. The number of imide groups is 1. The third-order valence-electron chi connectivity index (χ3n) is 4.79. The molecule has 0 bridgehead atoms. The minimum absolute atomic E-state index is 0.0369. The molecule has 1 aliphatic rings. The second kappa shape index (κ2) is 5.84. The zero-order chi connectivity index (χ0) is 18.4. The summed E-state index contributed by atoms with van der Waals surface area (Å²) < 4.78 is 0. The summed E-state index contributed by atoms with van der Waals surface area (Å²) in [6, 6.07) is 13.6. The molecule has 1 aliphatic heterocycles. The van der Waals surface area contributed by atoms with Crippen LogP contribution in [0.1, 0.15) is 34.0 Å². The van der Waals surface area contributed by atoms with Crippen LogP contribution in [-0.4, -0.2) is 27.9 Å². The summed E-state index contributed by atoms with van der Waals surface area (Å²) in [6.45, 7) is 1.89. The third kappa shape index (κ3) is 2.38. The number of carboxylic acid groups (broad SMARTS) is 1. The van der Waals surface area contributed by atoms with Gasteiger partial charge in [-0.15, -0.1) is 0 Å². The Kier molecular flexibility index (Phi) is 3.61. The first-order valence-corrected chi connectivity index (χ1v) is 8.24.